The van der Waals surface area contributed by atoms with Crippen molar-refractivity contribution in [2.45, 2.75) is 13.0 Å². The van der Waals surface area contributed by atoms with Crippen LogP contribution in [0.15, 0.2) is 42.5 Å². The number of nitro groups is 1. The second-order valence-electron chi connectivity index (χ2n) is 6.28. The molecule has 0 saturated carbocycles. The summed E-state index contributed by atoms with van der Waals surface area (Å²) in [4.78, 5) is 36.5. The van der Waals surface area contributed by atoms with Crippen molar-refractivity contribution in [1.29, 1.82) is 0 Å². The van der Waals surface area contributed by atoms with Crippen LogP contribution in [0.4, 0.5) is 17.1 Å². The first-order valence-electron chi connectivity index (χ1n) is 8.60. The molecule has 0 heterocycles. The minimum absolute atomic E-state index is 0.0384. The Labute approximate surface area is 172 Å². The number of likely N-dealkylation sites (N-methyl/N-ethyl adjacent to an activating group) is 1. The van der Waals surface area contributed by atoms with Crippen molar-refractivity contribution >= 4 is 40.5 Å². The molecule has 154 valence electrons. The molecule has 10 heteroatoms. The minimum atomic E-state index is -0.688. The Hall–Kier alpha value is -3.17. The Morgan fingerprint density at radius 2 is 1.86 bits per heavy atom. The van der Waals surface area contributed by atoms with E-state index >= 15 is 0 Å². The Balaban J connectivity index is 1.95. The number of amides is 2. The third-order valence-electron chi connectivity index (χ3n) is 4.23. The summed E-state index contributed by atoms with van der Waals surface area (Å²) in [5.74, 6) is -0.0805. The van der Waals surface area contributed by atoms with Gasteiger partial charge in [-0.2, -0.15) is 0 Å². The fourth-order valence-electron chi connectivity index (χ4n) is 2.40. The monoisotopic (exact) mass is 420 g/mol. The van der Waals surface area contributed by atoms with Crippen molar-refractivity contribution in [2.75, 3.05) is 31.3 Å². The predicted molar refractivity (Wildman–Crippen MR) is 110 cm³/mol. The third-order valence-corrected chi connectivity index (χ3v) is 4.56. The van der Waals surface area contributed by atoms with Crippen molar-refractivity contribution in [3.05, 3.63) is 57.6 Å². The average Bonchev–Trinajstić information content (AvgIpc) is 2.69. The number of hydrogen-bond donors (Lipinski definition) is 2. The molecule has 0 bridgehead atoms. The molecule has 2 N–H and O–H groups in total. The van der Waals surface area contributed by atoms with E-state index in [9.17, 15) is 19.7 Å². The van der Waals surface area contributed by atoms with Gasteiger partial charge in [0.15, 0.2) is 0 Å². The van der Waals surface area contributed by atoms with Gasteiger partial charge in [0.25, 0.3) is 5.69 Å². The zero-order chi connectivity index (χ0) is 21.6. The van der Waals surface area contributed by atoms with E-state index in [1.807, 2.05) is 0 Å². The number of methoxy groups -OCH3 is 1. The lowest BCUT2D eigenvalue weighted by Crippen LogP contribution is -2.43. The smallest absolute Gasteiger partial charge is 0.271 e. The molecule has 2 rings (SSSR count). The SMILES string of the molecule is COc1ccc(NC(=O)CN(C)[C@H](C)C(=O)Nc2cc([N+](=O)[O-])ccc2Cl)cc1. The number of non-ortho nitro benzene ring substituents is 1. The maximum Gasteiger partial charge on any atom is 0.271 e. The molecule has 1 atom stereocenters. The van der Waals surface area contributed by atoms with Gasteiger partial charge in [0.2, 0.25) is 11.8 Å². The molecular weight excluding hydrogens is 400 g/mol. The van der Waals surface area contributed by atoms with Gasteiger partial charge in [-0.1, -0.05) is 11.6 Å². The standard InChI is InChI=1S/C19H21ClN4O5/c1-12(19(26)22-17-10-14(24(27)28)6-9-16(17)20)23(2)11-18(25)21-13-4-7-15(29-3)8-5-13/h4-10,12H,11H2,1-3H3,(H,21,25)(H,22,26)/t12-/m1/s1. The number of rotatable bonds is 8. The molecule has 0 radical (unpaired) electrons. The zero-order valence-corrected chi connectivity index (χ0v) is 16.9. The van der Waals surface area contributed by atoms with E-state index in [0.717, 1.165) is 0 Å². The van der Waals surface area contributed by atoms with Gasteiger partial charge in [0.1, 0.15) is 5.75 Å². The molecule has 29 heavy (non-hydrogen) atoms. The molecule has 0 aliphatic rings. The van der Waals surface area contributed by atoms with E-state index in [2.05, 4.69) is 10.6 Å². The summed E-state index contributed by atoms with van der Waals surface area (Å²) < 4.78 is 5.06. The van der Waals surface area contributed by atoms with Crippen LogP contribution in [0.5, 0.6) is 5.75 Å². The minimum Gasteiger partial charge on any atom is -0.497 e. The predicted octanol–water partition coefficient (Wildman–Crippen LogP) is 3.15. The van der Waals surface area contributed by atoms with Crippen LogP contribution in [0.2, 0.25) is 5.02 Å². The van der Waals surface area contributed by atoms with Gasteiger partial charge in [-0.25, -0.2) is 0 Å². The maximum atomic E-state index is 12.5. The summed E-state index contributed by atoms with van der Waals surface area (Å²) in [6.45, 7) is 1.57. The van der Waals surface area contributed by atoms with E-state index in [0.29, 0.717) is 11.4 Å². The Morgan fingerprint density at radius 1 is 1.21 bits per heavy atom. The lowest BCUT2D eigenvalue weighted by Gasteiger charge is -2.23. The molecule has 0 aliphatic carbocycles. The number of nitrogens with one attached hydrogen (secondary N) is 2. The van der Waals surface area contributed by atoms with Crippen LogP contribution in [0.3, 0.4) is 0 Å². The molecule has 0 fully saturated rings. The maximum absolute atomic E-state index is 12.5. The van der Waals surface area contributed by atoms with Gasteiger partial charge in [-0.05, 0) is 44.3 Å². The fourth-order valence-corrected chi connectivity index (χ4v) is 2.56. The highest BCUT2D eigenvalue weighted by Crippen LogP contribution is 2.27. The Morgan fingerprint density at radius 3 is 2.45 bits per heavy atom. The molecule has 0 aliphatic heterocycles. The number of benzene rings is 2. The molecule has 2 amide bonds. The largest absolute Gasteiger partial charge is 0.497 e. The first kappa shape index (κ1) is 22.1. The molecule has 9 nitrogen and oxygen atoms in total. The van der Waals surface area contributed by atoms with Crippen molar-refractivity contribution in [2.24, 2.45) is 0 Å². The summed E-state index contributed by atoms with van der Waals surface area (Å²) in [7, 11) is 3.17. The molecular formula is C19H21ClN4O5. The first-order valence-corrected chi connectivity index (χ1v) is 8.98. The zero-order valence-electron chi connectivity index (χ0n) is 16.1. The molecule has 0 saturated heterocycles. The molecule has 2 aromatic carbocycles. The van der Waals surface area contributed by atoms with Crippen molar-refractivity contribution in [3.63, 3.8) is 0 Å². The van der Waals surface area contributed by atoms with Crippen LogP contribution in [0.1, 0.15) is 6.92 Å². The topological polar surface area (TPSA) is 114 Å². The Kier molecular flexibility index (Phi) is 7.52. The number of nitrogens with zero attached hydrogens (tertiary/aromatic N) is 2. The van der Waals surface area contributed by atoms with Gasteiger partial charge in [0, 0.05) is 17.8 Å². The summed E-state index contributed by atoms with van der Waals surface area (Å²) in [6, 6.07) is 9.93. The highest BCUT2D eigenvalue weighted by atomic mass is 35.5. The van der Waals surface area contributed by atoms with Gasteiger partial charge in [0.05, 0.1) is 35.3 Å². The molecule has 0 aromatic heterocycles. The van der Waals surface area contributed by atoms with Crippen LogP contribution in [-0.2, 0) is 9.59 Å². The highest BCUT2D eigenvalue weighted by Gasteiger charge is 2.22. The lowest BCUT2D eigenvalue weighted by atomic mass is 10.2. The van der Waals surface area contributed by atoms with Crippen LogP contribution in [0, 0.1) is 10.1 Å². The number of halogens is 1. The van der Waals surface area contributed by atoms with Gasteiger partial charge >= 0.3 is 0 Å². The normalized spacial score (nSPS) is 11.6. The van der Waals surface area contributed by atoms with E-state index in [4.69, 9.17) is 16.3 Å². The number of carbonyl (C=O) groups is 2. The number of carbonyl (C=O) groups excluding carboxylic acids is 2. The fraction of sp³-hybridized carbons (Fsp3) is 0.263. The van der Waals surface area contributed by atoms with Crippen LogP contribution in [0.25, 0.3) is 0 Å². The van der Waals surface area contributed by atoms with Crippen LogP contribution >= 0.6 is 11.6 Å². The molecule has 0 unspecified atom stereocenters. The summed E-state index contributed by atoms with van der Waals surface area (Å²) in [5.41, 5.74) is 0.544. The van der Waals surface area contributed by atoms with Crippen LogP contribution in [-0.4, -0.2) is 48.4 Å². The molecule has 0 spiro atoms. The number of hydrogen-bond acceptors (Lipinski definition) is 6. The summed E-state index contributed by atoms with van der Waals surface area (Å²) in [6.07, 6.45) is 0. The van der Waals surface area contributed by atoms with Crippen molar-refractivity contribution in [1.82, 2.24) is 4.90 Å². The van der Waals surface area contributed by atoms with E-state index in [-0.39, 0.29) is 28.8 Å². The quantitative estimate of drug-likeness (QED) is 0.501. The van der Waals surface area contributed by atoms with Gasteiger partial charge < -0.3 is 15.4 Å². The Bertz CT molecular complexity index is 904. The molecule has 2 aromatic rings. The van der Waals surface area contributed by atoms with Gasteiger partial charge in [-0.3, -0.25) is 24.6 Å². The number of anilines is 2. The van der Waals surface area contributed by atoms with Crippen molar-refractivity contribution in [3.8, 4) is 5.75 Å². The second-order valence-corrected chi connectivity index (χ2v) is 6.69. The summed E-state index contributed by atoms with van der Waals surface area (Å²) in [5, 5.41) is 16.4. The third kappa shape index (κ3) is 6.16. The van der Waals surface area contributed by atoms with E-state index in [1.54, 1.807) is 50.2 Å². The first-order chi connectivity index (χ1) is 13.7. The van der Waals surface area contributed by atoms with E-state index < -0.39 is 16.9 Å². The number of ether oxygens (including phenoxy) is 1. The van der Waals surface area contributed by atoms with Crippen LogP contribution < -0.4 is 15.4 Å². The van der Waals surface area contributed by atoms with Crippen molar-refractivity contribution < 1.29 is 19.2 Å². The summed E-state index contributed by atoms with van der Waals surface area (Å²) >= 11 is 6.00. The lowest BCUT2D eigenvalue weighted by molar-refractivity contribution is -0.384. The average molecular weight is 421 g/mol. The second kappa shape index (κ2) is 9.85. The number of nitro benzene ring substituents is 1. The highest BCUT2D eigenvalue weighted by molar-refractivity contribution is 6.33. The van der Waals surface area contributed by atoms with Gasteiger partial charge in [-0.15, -0.1) is 0 Å². The van der Waals surface area contributed by atoms with E-state index in [1.165, 1.54) is 18.2 Å².